The zero-order valence-electron chi connectivity index (χ0n) is 11.3. The van der Waals surface area contributed by atoms with Crippen LogP contribution in [0.5, 0.6) is 0 Å². The molecule has 0 saturated carbocycles. The number of hydrogen-bond donors (Lipinski definition) is 1. The highest BCUT2D eigenvalue weighted by Gasteiger charge is 2.14. The number of fused-ring (bicyclic) bond motifs is 1. The van der Waals surface area contributed by atoms with Gasteiger partial charge in [-0.05, 0) is 48.2 Å². The highest BCUT2D eigenvalue weighted by molar-refractivity contribution is 5.35. The average Bonchev–Trinajstić information content (AvgIpc) is 2.53. The van der Waals surface area contributed by atoms with Gasteiger partial charge in [0.15, 0.2) is 0 Å². The number of nitriles is 1. The van der Waals surface area contributed by atoms with Crippen molar-refractivity contribution in [2.24, 2.45) is 0 Å². The van der Waals surface area contributed by atoms with Crippen molar-refractivity contribution in [1.29, 1.82) is 5.26 Å². The molecule has 1 aliphatic rings. The van der Waals surface area contributed by atoms with Crippen LogP contribution in [0.15, 0.2) is 42.6 Å². The summed E-state index contributed by atoms with van der Waals surface area (Å²) in [6.07, 6.45) is 3.56. The third-order valence-corrected chi connectivity index (χ3v) is 3.80. The van der Waals surface area contributed by atoms with E-state index in [4.69, 9.17) is 0 Å². The zero-order valence-corrected chi connectivity index (χ0v) is 11.3. The van der Waals surface area contributed by atoms with Gasteiger partial charge >= 0.3 is 0 Å². The normalized spacial score (nSPS) is 15.2. The van der Waals surface area contributed by atoms with E-state index in [1.54, 1.807) is 6.20 Å². The Balaban J connectivity index is 1.82. The summed E-state index contributed by atoms with van der Waals surface area (Å²) in [4.78, 5) is 4.30. The van der Waals surface area contributed by atoms with E-state index < -0.39 is 0 Å². The maximum atomic E-state index is 9.38. The van der Waals surface area contributed by atoms with Gasteiger partial charge in [0.05, 0.1) is 17.7 Å². The minimum Gasteiger partial charge on any atom is -0.312 e. The summed E-state index contributed by atoms with van der Waals surface area (Å²) < 4.78 is 0. The van der Waals surface area contributed by atoms with Crippen molar-refractivity contribution in [2.45, 2.75) is 25.3 Å². The van der Waals surface area contributed by atoms with Crippen LogP contribution in [-0.4, -0.2) is 11.5 Å². The van der Waals surface area contributed by atoms with Crippen LogP contribution in [0, 0.1) is 11.3 Å². The molecule has 3 heteroatoms. The van der Waals surface area contributed by atoms with E-state index in [0.717, 1.165) is 31.6 Å². The van der Waals surface area contributed by atoms with Crippen molar-refractivity contribution in [1.82, 2.24) is 10.3 Å². The minimum absolute atomic E-state index is 0.175. The Morgan fingerprint density at radius 3 is 3.00 bits per heavy atom. The largest absolute Gasteiger partial charge is 0.312 e. The van der Waals surface area contributed by atoms with E-state index in [2.05, 4.69) is 34.6 Å². The summed E-state index contributed by atoms with van der Waals surface area (Å²) in [5.74, 6) is -0.175. The van der Waals surface area contributed by atoms with Crippen LogP contribution in [-0.2, 0) is 19.4 Å². The van der Waals surface area contributed by atoms with E-state index in [1.165, 1.54) is 16.7 Å². The van der Waals surface area contributed by atoms with Gasteiger partial charge in [-0.25, -0.2) is 0 Å². The fourth-order valence-electron chi connectivity index (χ4n) is 2.69. The molecule has 1 unspecified atom stereocenters. The topological polar surface area (TPSA) is 48.7 Å². The van der Waals surface area contributed by atoms with Crippen LogP contribution in [0.4, 0.5) is 0 Å². The number of aromatic nitrogens is 1. The van der Waals surface area contributed by atoms with E-state index in [1.807, 2.05) is 18.2 Å². The van der Waals surface area contributed by atoms with E-state index in [0.29, 0.717) is 0 Å². The molecule has 0 spiro atoms. The van der Waals surface area contributed by atoms with Gasteiger partial charge in [0, 0.05) is 12.7 Å². The molecular weight excluding hydrogens is 246 g/mol. The number of nitrogens with one attached hydrogen (secondary N) is 1. The summed E-state index contributed by atoms with van der Waals surface area (Å²) in [6.45, 7) is 1.99. The summed E-state index contributed by atoms with van der Waals surface area (Å²) >= 11 is 0. The van der Waals surface area contributed by atoms with Gasteiger partial charge in [0.2, 0.25) is 0 Å². The van der Waals surface area contributed by atoms with Crippen LogP contribution in [0.25, 0.3) is 0 Å². The summed E-state index contributed by atoms with van der Waals surface area (Å²) in [6, 6.07) is 14.7. The van der Waals surface area contributed by atoms with Gasteiger partial charge in [-0.2, -0.15) is 5.26 Å². The highest BCUT2D eigenvalue weighted by Crippen LogP contribution is 2.22. The zero-order chi connectivity index (χ0) is 13.8. The predicted molar refractivity (Wildman–Crippen MR) is 78.1 cm³/mol. The van der Waals surface area contributed by atoms with Gasteiger partial charge < -0.3 is 5.32 Å². The van der Waals surface area contributed by atoms with Crippen molar-refractivity contribution >= 4 is 0 Å². The predicted octanol–water partition coefficient (Wildman–Crippen LogP) is 2.58. The average molecular weight is 263 g/mol. The SMILES string of the molecule is N#CC(Cc1ccc2c(c1)CNCC2)c1ccccn1. The lowest BCUT2D eigenvalue weighted by atomic mass is 9.92. The van der Waals surface area contributed by atoms with Gasteiger partial charge in [-0.15, -0.1) is 0 Å². The monoisotopic (exact) mass is 263 g/mol. The van der Waals surface area contributed by atoms with Crippen molar-refractivity contribution in [2.75, 3.05) is 6.54 Å². The highest BCUT2D eigenvalue weighted by atomic mass is 14.9. The van der Waals surface area contributed by atoms with E-state index in [-0.39, 0.29) is 5.92 Å². The first-order valence-corrected chi connectivity index (χ1v) is 6.99. The Hall–Kier alpha value is -2.18. The standard InChI is InChI=1S/C17H17N3/c18-11-15(17-3-1-2-7-20-17)9-13-4-5-14-6-8-19-12-16(14)10-13/h1-5,7,10,15,19H,6,8-9,12H2. The van der Waals surface area contributed by atoms with Crippen LogP contribution < -0.4 is 5.32 Å². The summed E-state index contributed by atoms with van der Waals surface area (Å²) in [5.41, 5.74) is 4.86. The molecular formula is C17H17N3. The lowest BCUT2D eigenvalue weighted by Gasteiger charge is -2.18. The molecule has 0 saturated heterocycles. The van der Waals surface area contributed by atoms with Gasteiger partial charge in [-0.1, -0.05) is 24.3 Å². The third-order valence-electron chi connectivity index (χ3n) is 3.80. The number of benzene rings is 1. The van der Waals surface area contributed by atoms with Crippen LogP contribution in [0.3, 0.4) is 0 Å². The third kappa shape index (κ3) is 2.71. The molecule has 0 bridgehead atoms. The first-order chi connectivity index (χ1) is 9.86. The Kier molecular flexibility index (Phi) is 3.76. The molecule has 0 fully saturated rings. The molecule has 1 aliphatic heterocycles. The Morgan fingerprint density at radius 1 is 1.25 bits per heavy atom. The second-order valence-corrected chi connectivity index (χ2v) is 5.17. The molecule has 0 amide bonds. The van der Waals surface area contributed by atoms with E-state index in [9.17, 15) is 5.26 Å². The lowest BCUT2D eigenvalue weighted by Crippen LogP contribution is -2.23. The smallest absolute Gasteiger partial charge is 0.0924 e. The van der Waals surface area contributed by atoms with Crippen molar-refractivity contribution in [3.63, 3.8) is 0 Å². The van der Waals surface area contributed by atoms with Crippen molar-refractivity contribution in [3.8, 4) is 6.07 Å². The summed E-state index contributed by atoms with van der Waals surface area (Å²) in [5, 5.41) is 12.8. The van der Waals surface area contributed by atoms with Crippen LogP contribution >= 0.6 is 0 Å². The van der Waals surface area contributed by atoms with Crippen molar-refractivity contribution in [3.05, 3.63) is 65.0 Å². The molecule has 3 rings (SSSR count). The molecule has 20 heavy (non-hydrogen) atoms. The maximum Gasteiger partial charge on any atom is 0.0924 e. The first kappa shape index (κ1) is 12.8. The number of nitrogens with zero attached hydrogens (tertiary/aromatic N) is 2. The molecule has 0 aliphatic carbocycles. The molecule has 1 N–H and O–H groups in total. The second kappa shape index (κ2) is 5.85. The Labute approximate surface area is 119 Å². The maximum absolute atomic E-state index is 9.38. The van der Waals surface area contributed by atoms with Crippen molar-refractivity contribution < 1.29 is 0 Å². The molecule has 2 heterocycles. The van der Waals surface area contributed by atoms with Crippen LogP contribution in [0.1, 0.15) is 28.3 Å². The number of rotatable bonds is 3. The molecule has 100 valence electrons. The fourth-order valence-corrected chi connectivity index (χ4v) is 2.69. The molecule has 1 aromatic carbocycles. The van der Waals surface area contributed by atoms with Crippen LogP contribution in [0.2, 0.25) is 0 Å². The quantitative estimate of drug-likeness (QED) is 0.926. The molecule has 0 radical (unpaired) electrons. The molecule has 1 aromatic heterocycles. The van der Waals surface area contributed by atoms with Gasteiger partial charge in [-0.3, -0.25) is 4.98 Å². The second-order valence-electron chi connectivity index (χ2n) is 5.17. The van der Waals surface area contributed by atoms with Gasteiger partial charge in [0.25, 0.3) is 0 Å². The van der Waals surface area contributed by atoms with E-state index >= 15 is 0 Å². The number of pyridine rings is 1. The van der Waals surface area contributed by atoms with Gasteiger partial charge in [0.1, 0.15) is 0 Å². The molecule has 1 atom stereocenters. The Bertz CT molecular complexity index is 628. The fraction of sp³-hybridized carbons (Fsp3) is 0.294. The first-order valence-electron chi connectivity index (χ1n) is 6.99. The molecule has 3 nitrogen and oxygen atoms in total. The number of hydrogen-bond acceptors (Lipinski definition) is 3. The summed E-state index contributed by atoms with van der Waals surface area (Å²) in [7, 11) is 0. The Morgan fingerprint density at radius 2 is 2.20 bits per heavy atom. The molecule has 2 aromatic rings. The minimum atomic E-state index is -0.175. The lowest BCUT2D eigenvalue weighted by molar-refractivity contribution is 0.642.